The molecular formula is C25H25N3O5. The number of carbonyl (C=O) groups excluding carboxylic acids is 1. The summed E-state index contributed by atoms with van der Waals surface area (Å²) in [5.41, 5.74) is 6.80. The van der Waals surface area contributed by atoms with Gasteiger partial charge in [0.25, 0.3) is 0 Å². The van der Waals surface area contributed by atoms with Gasteiger partial charge in [0, 0.05) is 11.3 Å². The summed E-state index contributed by atoms with van der Waals surface area (Å²) in [6.07, 6.45) is 1.47. The van der Waals surface area contributed by atoms with Gasteiger partial charge in [-0.05, 0) is 55.3 Å². The van der Waals surface area contributed by atoms with Gasteiger partial charge in [-0.1, -0.05) is 35.9 Å². The van der Waals surface area contributed by atoms with Gasteiger partial charge in [0.1, 0.15) is 6.61 Å². The Bertz CT molecular complexity index is 1170. The number of urea groups is 1. The van der Waals surface area contributed by atoms with Crippen molar-refractivity contribution >= 4 is 23.9 Å². The Kier molecular flexibility index (Phi) is 7.64. The molecular weight excluding hydrogens is 422 g/mol. The lowest BCUT2D eigenvalue weighted by molar-refractivity contribution is 0.0696. The van der Waals surface area contributed by atoms with Crippen LogP contribution in [0.5, 0.6) is 11.5 Å². The lowest BCUT2D eigenvalue weighted by Gasteiger charge is -2.13. The summed E-state index contributed by atoms with van der Waals surface area (Å²) in [6, 6.07) is 17.0. The second-order valence-corrected chi connectivity index (χ2v) is 7.31. The molecule has 33 heavy (non-hydrogen) atoms. The molecule has 0 spiro atoms. The fourth-order valence-corrected chi connectivity index (χ4v) is 3.11. The van der Waals surface area contributed by atoms with Gasteiger partial charge in [0.2, 0.25) is 0 Å². The summed E-state index contributed by atoms with van der Waals surface area (Å²) >= 11 is 0. The highest BCUT2D eigenvalue weighted by molar-refractivity contribution is 5.92. The van der Waals surface area contributed by atoms with Crippen molar-refractivity contribution in [2.75, 3.05) is 12.4 Å². The van der Waals surface area contributed by atoms with Crippen LogP contribution in [0, 0.1) is 13.8 Å². The number of hydrazone groups is 1. The van der Waals surface area contributed by atoms with Gasteiger partial charge in [-0.25, -0.2) is 15.0 Å². The summed E-state index contributed by atoms with van der Waals surface area (Å²) in [5.74, 6) is -0.0387. The minimum atomic E-state index is -0.986. The second kappa shape index (κ2) is 10.8. The van der Waals surface area contributed by atoms with Crippen molar-refractivity contribution in [1.29, 1.82) is 0 Å². The van der Waals surface area contributed by atoms with Gasteiger partial charge in [0.15, 0.2) is 11.5 Å². The van der Waals surface area contributed by atoms with Crippen molar-refractivity contribution in [2.24, 2.45) is 5.10 Å². The van der Waals surface area contributed by atoms with Crippen LogP contribution in [-0.4, -0.2) is 30.4 Å². The second-order valence-electron chi connectivity index (χ2n) is 7.31. The maximum Gasteiger partial charge on any atom is 0.339 e. The summed E-state index contributed by atoms with van der Waals surface area (Å²) in [7, 11) is 1.53. The van der Waals surface area contributed by atoms with Crippen LogP contribution in [0.3, 0.4) is 0 Å². The molecule has 3 rings (SSSR count). The fourth-order valence-electron chi connectivity index (χ4n) is 3.11. The molecule has 2 amide bonds. The fraction of sp³-hybridized carbons (Fsp3) is 0.160. The third kappa shape index (κ3) is 6.33. The Hall–Kier alpha value is -4.33. The molecule has 8 nitrogen and oxygen atoms in total. The number of aryl methyl sites for hydroxylation is 2. The van der Waals surface area contributed by atoms with Crippen molar-refractivity contribution in [3.63, 3.8) is 0 Å². The predicted molar refractivity (Wildman–Crippen MR) is 126 cm³/mol. The zero-order chi connectivity index (χ0) is 23.8. The Balaban J connectivity index is 1.67. The molecule has 0 bridgehead atoms. The van der Waals surface area contributed by atoms with E-state index in [0.29, 0.717) is 22.7 Å². The number of hydrogen-bond donors (Lipinski definition) is 3. The molecule has 170 valence electrons. The molecule has 3 N–H and O–H groups in total. The molecule has 0 fully saturated rings. The first kappa shape index (κ1) is 23.3. The van der Waals surface area contributed by atoms with E-state index in [0.717, 1.165) is 16.7 Å². The van der Waals surface area contributed by atoms with Crippen LogP contribution in [0.25, 0.3) is 0 Å². The summed E-state index contributed by atoms with van der Waals surface area (Å²) in [6.45, 7) is 4.10. The number of amides is 2. The van der Waals surface area contributed by atoms with Crippen LogP contribution in [0.2, 0.25) is 0 Å². The molecule has 3 aromatic rings. The average molecular weight is 447 g/mol. The first-order chi connectivity index (χ1) is 15.9. The number of hydrogen-bond acceptors (Lipinski definition) is 5. The van der Waals surface area contributed by atoms with Crippen molar-refractivity contribution < 1.29 is 24.2 Å². The van der Waals surface area contributed by atoms with E-state index >= 15 is 0 Å². The Morgan fingerprint density at radius 3 is 2.48 bits per heavy atom. The number of ether oxygens (including phenoxy) is 2. The van der Waals surface area contributed by atoms with Crippen LogP contribution >= 0.6 is 0 Å². The number of anilines is 1. The predicted octanol–water partition coefficient (Wildman–Crippen LogP) is 4.74. The highest BCUT2D eigenvalue weighted by Crippen LogP contribution is 2.31. The number of nitrogens with zero attached hydrogens (tertiary/aromatic N) is 1. The number of nitrogens with one attached hydrogen (secondary N) is 2. The third-order valence-electron chi connectivity index (χ3n) is 4.81. The number of carboxylic acid groups (broad SMARTS) is 1. The summed E-state index contributed by atoms with van der Waals surface area (Å²) < 4.78 is 11.3. The van der Waals surface area contributed by atoms with E-state index in [9.17, 15) is 9.59 Å². The van der Waals surface area contributed by atoms with Gasteiger partial charge in [-0.15, -0.1) is 0 Å². The van der Waals surface area contributed by atoms with E-state index in [-0.39, 0.29) is 12.2 Å². The van der Waals surface area contributed by atoms with Gasteiger partial charge in [-0.3, -0.25) is 0 Å². The molecule has 0 aliphatic carbocycles. The monoisotopic (exact) mass is 447 g/mol. The Morgan fingerprint density at radius 1 is 1.06 bits per heavy atom. The van der Waals surface area contributed by atoms with Gasteiger partial charge in [0.05, 0.1) is 18.9 Å². The maximum atomic E-state index is 12.2. The number of rotatable bonds is 8. The average Bonchev–Trinajstić information content (AvgIpc) is 2.80. The molecule has 0 aromatic heterocycles. The van der Waals surface area contributed by atoms with Crippen molar-refractivity contribution in [1.82, 2.24) is 5.43 Å². The summed E-state index contributed by atoms with van der Waals surface area (Å²) in [4.78, 5) is 23.2. The van der Waals surface area contributed by atoms with Crippen molar-refractivity contribution in [2.45, 2.75) is 20.5 Å². The van der Waals surface area contributed by atoms with Gasteiger partial charge >= 0.3 is 12.0 Å². The number of aromatic carboxylic acids is 1. The smallest absolute Gasteiger partial charge is 0.339 e. The van der Waals surface area contributed by atoms with E-state index in [1.807, 2.05) is 32.0 Å². The van der Waals surface area contributed by atoms with E-state index in [1.165, 1.54) is 25.5 Å². The highest BCUT2D eigenvalue weighted by Gasteiger charge is 2.11. The van der Waals surface area contributed by atoms with Crippen LogP contribution in [0.4, 0.5) is 10.5 Å². The van der Waals surface area contributed by atoms with Gasteiger partial charge < -0.3 is 19.9 Å². The minimum Gasteiger partial charge on any atom is -0.493 e. The topological polar surface area (TPSA) is 109 Å². The molecule has 0 saturated heterocycles. The Labute approximate surface area is 191 Å². The molecule has 0 atom stereocenters. The maximum absolute atomic E-state index is 12.2. The molecule has 0 aliphatic heterocycles. The first-order valence-electron chi connectivity index (χ1n) is 10.2. The van der Waals surface area contributed by atoms with Crippen molar-refractivity contribution in [3.05, 3.63) is 88.5 Å². The number of benzene rings is 3. The van der Waals surface area contributed by atoms with E-state index in [4.69, 9.17) is 14.6 Å². The zero-order valence-corrected chi connectivity index (χ0v) is 18.6. The number of carboxylic acids is 1. The van der Waals surface area contributed by atoms with Crippen LogP contribution in [-0.2, 0) is 6.61 Å². The van der Waals surface area contributed by atoms with E-state index < -0.39 is 12.0 Å². The van der Waals surface area contributed by atoms with E-state index in [1.54, 1.807) is 30.3 Å². The van der Waals surface area contributed by atoms with E-state index in [2.05, 4.69) is 15.8 Å². The number of methoxy groups -OCH3 is 1. The molecule has 8 heteroatoms. The molecule has 0 heterocycles. The largest absolute Gasteiger partial charge is 0.493 e. The lowest BCUT2D eigenvalue weighted by atomic mass is 10.1. The van der Waals surface area contributed by atoms with Crippen LogP contribution in [0.15, 0.2) is 65.8 Å². The highest BCUT2D eigenvalue weighted by atomic mass is 16.5. The molecule has 0 radical (unpaired) electrons. The molecule has 0 aliphatic rings. The SMILES string of the molecule is COc1cccc(/C=N/NC(=O)Nc2ccc(C)cc2C)c1OCc1ccc(C(=O)O)cc1. The zero-order valence-electron chi connectivity index (χ0n) is 18.6. The van der Waals surface area contributed by atoms with Gasteiger partial charge in [-0.2, -0.15) is 5.10 Å². The minimum absolute atomic E-state index is 0.196. The molecule has 3 aromatic carbocycles. The normalized spacial score (nSPS) is 10.6. The number of para-hydroxylation sites is 1. The molecule has 0 unspecified atom stereocenters. The summed E-state index contributed by atoms with van der Waals surface area (Å²) in [5, 5.41) is 15.8. The lowest BCUT2D eigenvalue weighted by Crippen LogP contribution is -2.24. The first-order valence-corrected chi connectivity index (χ1v) is 10.2. The third-order valence-corrected chi connectivity index (χ3v) is 4.81. The van der Waals surface area contributed by atoms with Crippen LogP contribution in [0.1, 0.15) is 32.6 Å². The molecule has 0 saturated carbocycles. The van der Waals surface area contributed by atoms with Crippen LogP contribution < -0.4 is 20.2 Å². The quantitative estimate of drug-likeness (QED) is 0.341. The Morgan fingerprint density at radius 2 is 1.82 bits per heavy atom. The van der Waals surface area contributed by atoms with Crippen molar-refractivity contribution in [3.8, 4) is 11.5 Å². The number of carbonyl (C=O) groups is 2. The standard InChI is InChI=1S/C25H25N3O5/c1-16-7-12-21(17(2)13-16)27-25(31)28-26-14-20-5-4-6-22(32-3)23(20)33-15-18-8-10-19(11-9-18)24(29)30/h4-14H,15H2,1-3H3,(H,29,30)(H2,27,28,31)/b26-14+.